The van der Waals surface area contributed by atoms with Crippen LogP contribution in [-0.4, -0.2) is 42.9 Å². The Labute approximate surface area is 208 Å². The van der Waals surface area contributed by atoms with Crippen LogP contribution in [0.4, 0.5) is 5.69 Å². The molecule has 0 saturated carbocycles. The second-order valence-electron chi connectivity index (χ2n) is 8.16. The van der Waals surface area contributed by atoms with Crippen LogP contribution < -0.4 is 20.3 Å². The number of hydrogen-bond donors (Lipinski definition) is 2. The fourth-order valence-corrected chi connectivity index (χ4v) is 4.01. The van der Waals surface area contributed by atoms with Gasteiger partial charge in [0.1, 0.15) is 23.5 Å². The standard InChI is InChI=1S/C27H27N3O6/c1-34-21-14-13-19(22(15-21)35-2)16-30-24(26(32)28-20-11-7-4-8-12-20)23(27(30)33)25(31)29-36-17-18-9-5-3-6-10-18/h3-15,23-24H,16-17H2,1-2H3,(H,28,32)(H,29,31). The Balaban J connectivity index is 1.51. The molecule has 36 heavy (non-hydrogen) atoms. The van der Waals surface area contributed by atoms with Crippen molar-refractivity contribution in [3.63, 3.8) is 0 Å². The third kappa shape index (κ3) is 5.47. The first-order valence-electron chi connectivity index (χ1n) is 11.3. The van der Waals surface area contributed by atoms with Gasteiger partial charge < -0.3 is 19.7 Å². The van der Waals surface area contributed by atoms with Crippen LogP contribution in [0.1, 0.15) is 11.1 Å². The number of likely N-dealkylation sites (tertiary alicyclic amines) is 1. The number of nitrogens with one attached hydrogen (secondary N) is 2. The minimum Gasteiger partial charge on any atom is -0.497 e. The van der Waals surface area contributed by atoms with E-state index < -0.39 is 29.7 Å². The predicted octanol–water partition coefficient (Wildman–Crippen LogP) is 2.92. The summed E-state index contributed by atoms with van der Waals surface area (Å²) in [6.07, 6.45) is 0. The maximum absolute atomic E-state index is 13.2. The molecule has 2 atom stereocenters. The van der Waals surface area contributed by atoms with Gasteiger partial charge in [0, 0.05) is 17.3 Å². The Hall–Kier alpha value is -4.37. The van der Waals surface area contributed by atoms with Crippen molar-refractivity contribution in [3.8, 4) is 11.5 Å². The number of nitrogens with zero attached hydrogens (tertiary/aromatic N) is 1. The smallest absolute Gasteiger partial charge is 0.258 e. The maximum atomic E-state index is 13.2. The van der Waals surface area contributed by atoms with E-state index in [-0.39, 0.29) is 13.2 Å². The first-order valence-corrected chi connectivity index (χ1v) is 11.3. The molecule has 9 nitrogen and oxygen atoms in total. The van der Waals surface area contributed by atoms with Crippen LogP contribution in [0, 0.1) is 5.92 Å². The van der Waals surface area contributed by atoms with Gasteiger partial charge in [0.05, 0.1) is 27.4 Å². The molecule has 186 valence electrons. The lowest BCUT2D eigenvalue weighted by atomic mass is 9.85. The normalized spacial score (nSPS) is 16.6. The largest absolute Gasteiger partial charge is 0.497 e. The fourth-order valence-electron chi connectivity index (χ4n) is 4.01. The van der Waals surface area contributed by atoms with Gasteiger partial charge in [-0.2, -0.15) is 0 Å². The minimum atomic E-state index is -1.23. The summed E-state index contributed by atoms with van der Waals surface area (Å²) >= 11 is 0. The number of hydrogen-bond acceptors (Lipinski definition) is 6. The number of rotatable bonds is 10. The van der Waals surface area contributed by atoms with Gasteiger partial charge in [-0.1, -0.05) is 48.5 Å². The number of carbonyl (C=O) groups is 3. The SMILES string of the molecule is COc1ccc(CN2C(=O)C(C(=O)NOCc3ccccc3)C2C(=O)Nc2ccccc2)c(OC)c1. The molecule has 3 amide bonds. The molecule has 4 rings (SSSR count). The van der Waals surface area contributed by atoms with Crippen LogP contribution in [0.5, 0.6) is 11.5 Å². The lowest BCUT2D eigenvalue weighted by Crippen LogP contribution is -2.68. The highest BCUT2D eigenvalue weighted by Gasteiger charge is 2.55. The Kier molecular flexibility index (Phi) is 7.82. The van der Waals surface area contributed by atoms with Gasteiger partial charge in [-0.3, -0.25) is 19.2 Å². The maximum Gasteiger partial charge on any atom is 0.258 e. The molecule has 1 fully saturated rings. The number of ether oxygens (including phenoxy) is 2. The summed E-state index contributed by atoms with van der Waals surface area (Å²) in [5, 5.41) is 2.79. The van der Waals surface area contributed by atoms with Crippen molar-refractivity contribution in [2.75, 3.05) is 19.5 Å². The minimum absolute atomic E-state index is 0.0769. The number of para-hydroxylation sites is 1. The summed E-state index contributed by atoms with van der Waals surface area (Å²) in [6.45, 7) is 0.203. The number of methoxy groups -OCH3 is 2. The molecule has 9 heteroatoms. The number of benzene rings is 3. The third-order valence-corrected chi connectivity index (χ3v) is 5.88. The lowest BCUT2D eigenvalue weighted by molar-refractivity contribution is -0.171. The van der Waals surface area contributed by atoms with Crippen LogP contribution in [-0.2, 0) is 32.4 Å². The Morgan fingerprint density at radius 2 is 1.58 bits per heavy atom. The molecule has 3 aromatic rings. The molecule has 1 aliphatic rings. The van der Waals surface area contributed by atoms with E-state index in [1.54, 1.807) is 49.6 Å². The monoisotopic (exact) mass is 489 g/mol. The first-order chi connectivity index (χ1) is 17.5. The van der Waals surface area contributed by atoms with E-state index in [0.717, 1.165) is 5.56 Å². The summed E-state index contributed by atoms with van der Waals surface area (Å²) in [5.41, 5.74) is 4.41. The molecule has 2 unspecified atom stereocenters. The zero-order chi connectivity index (χ0) is 25.5. The molecule has 1 saturated heterocycles. The molecule has 0 radical (unpaired) electrons. The van der Waals surface area contributed by atoms with Gasteiger partial charge in [0.2, 0.25) is 11.8 Å². The molecule has 0 aliphatic carbocycles. The van der Waals surface area contributed by atoms with Gasteiger partial charge in [-0.15, -0.1) is 0 Å². The van der Waals surface area contributed by atoms with E-state index >= 15 is 0 Å². The van der Waals surface area contributed by atoms with E-state index in [4.69, 9.17) is 14.3 Å². The van der Waals surface area contributed by atoms with Gasteiger partial charge >= 0.3 is 0 Å². The average molecular weight is 490 g/mol. The van der Waals surface area contributed by atoms with E-state index in [9.17, 15) is 14.4 Å². The summed E-state index contributed by atoms with van der Waals surface area (Å²) in [6, 6.07) is 22.3. The number of β-lactam (4-membered cyclic amide) rings is 1. The Bertz CT molecular complexity index is 1220. The Morgan fingerprint density at radius 3 is 2.25 bits per heavy atom. The summed E-state index contributed by atoms with van der Waals surface area (Å²) in [5.74, 6) is -1.77. The average Bonchev–Trinajstić information content (AvgIpc) is 2.91. The molecule has 3 aromatic carbocycles. The van der Waals surface area contributed by atoms with Gasteiger partial charge in [0.15, 0.2) is 0 Å². The summed E-state index contributed by atoms with van der Waals surface area (Å²) in [7, 11) is 3.05. The highest BCUT2D eigenvalue weighted by Crippen LogP contribution is 2.33. The zero-order valence-corrected chi connectivity index (χ0v) is 20.0. The number of hydroxylamine groups is 1. The van der Waals surface area contributed by atoms with Crippen molar-refractivity contribution >= 4 is 23.4 Å². The number of amides is 3. The molecule has 0 aromatic heterocycles. The van der Waals surface area contributed by atoms with Crippen molar-refractivity contribution in [2.24, 2.45) is 5.92 Å². The topological polar surface area (TPSA) is 106 Å². The van der Waals surface area contributed by atoms with E-state index in [1.165, 1.54) is 12.0 Å². The zero-order valence-electron chi connectivity index (χ0n) is 20.0. The summed E-state index contributed by atoms with van der Waals surface area (Å²) < 4.78 is 10.7. The quantitative estimate of drug-likeness (QED) is 0.258. The van der Waals surface area contributed by atoms with Crippen LogP contribution >= 0.6 is 0 Å². The predicted molar refractivity (Wildman–Crippen MR) is 132 cm³/mol. The first kappa shape index (κ1) is 24.7. The van der Waals surface area contributed by atoms with Crippen molar-refractivity contribution in [1.82, 2.24) is 10.4 Å². The molecule has 1 aliphatic heterocycles. The van der Waals surface area contributed by atoms with Gasteiger partial charge in [-0.25, -0.2) is 5.48 Å². The van der Waals surface area contributed by atoms with Gasteiger partial charge in [-0.05, 0) is 29.8 Å². The van der Waals surface area contributed by atoms with Crippen LogP contribution in [0.3, 0.4) is 0 Å². The number of anilines is 1. The molecule has 0 spiro atoms. The van der Waals surface area contributed by atoms with Crippen molar-refractivity contribution < 1.29 is 28.7 Å². The van der Waals surface area contributed by atoms with Crippen molar-refractivity contribution in [1.29, 1.82) is 0 Å². The molecular weight excluding hydrogens is 462 g/mol. The molecular formula is C27H27N3O6. The Morgan fingerprint density at radius 1 is 0.889 bits per heavy atom. The van der Waals surface area contributed by atoms with E-state index in [2.05, 4.69) is 10.8 Å². The van der Waals surface area contributed by atoms with E-state index in [1.807, 2.05) is 36.4 Å². The second kappa shape index (κ2) is 11.4. The van der Waals surface area contributed by atoms with Crippen molar-refractivity contribution in [2.45, 2.75) is 19.2 Å². The molecule has 0 bridgehead atoms. The second-order valence-corrected chi connectivity index (χ2v) is 8.16. The van der Waals surface area contributed by atoms with Crippen LogP contribution in [0.25, 0.3) is 0 Å². The highest BCUT2D eigenvalue weighted by molar-refractivity contribution is 6.14. The lowest BCUT2D eigenvalue weighted by Gasteiger charge is -2.45. The fraction of sp³-hybridized carbons (Fsp3) is 0.222. The van der Waals surface area contributed by atoms with Gasteiger partial charge in [0.25, 0.3) is 5.91 Å². The summed E-state index contributed by atoms with van der Waals surface area (Å²) in [4.78, 5) is 45.9. The van der Waals surface area contributed by atoms with E-state index in [0.29, 0.717) is 22.7 Å². The van der Waals surface area contributed by atoms with Crippen molar-refractivity contribution in [3.05, 3.63) is 90.0 Å². The highest BCUT2D eigenvalue weighted by atomic mass is 16.6. The number of carbonyl (C=O) groups excluding carboxylic acids is 3. The third-order valence-electron chi connectivity index (χ3n) is 5.88. The van der Waals surface area contributed by atoms with Crippen LogP contribution in [0.2, 0.25) is 0 Å². The molecule has 2 N–H and O–H groups in total. The van der Waals surface area contributed by atoms with Crippen LogP contribution in [0.15, 0.2) is 78.9 Å². The molecule has 1 heterocycles.